The van der Waals surface area contributed by atoms with Crippen molar-refractivity contribution >= 4 is 54.8 Å². The van der Waals surface area contributed by atoms with Crippen LogP contribution in [0.4, 0.5) is 0 Å². The van der Waals surface area contributed by atoms with Crippen molar-refractivity contribution in [2.75, 3.05) is 25.6 Å². The Morgan fingerprint density at radius 1 is 0.729 bits per heavy atom. The summed E-state index contributed by atoms with van der Waals surface area (Å²) in [6, 6.07) is 19.8. The van der Waals surface area contributed by atoms with Gasteiger partial charge in [0.1, 0.15) is 5.78 Å². The van der Waals surface area contributed by atoms with Crippen LogP contribution in [0.15, 0.2) is 82.6 Å². The molecule has 2 aliphatic rings. The molecule has 48 heavy (non-hydrogen) atoms. The van der Waals surface area contributed by atoms with Gasteiger partial charge in [0, 0.05) is 62.2 Å². The van der Waals surface area contributed by atoms with E-state index in [1.165, 1.54) is 12.1 Å². The first kappa shape index (κ1) is 36.8. The largest absolute Gasteiger partial charge is 0.481 e. The molecule has 0 aliphatic carbocycles. The monoisotopic (exact) mass is 716 g/mol. The number of aliphatic carboxylic acids is 1. The van der Waals surface area contributed by atoms with Crippen LogP contribution in [-0.2, 0) is 45.3 Å². The standard InChI is InChI=1S/C21H22ClNO4S.C13H15NO5S/c1-28(26,27)19-8-4-15(5-9-19)20-12-21(25)23-13-16(20)11-18(24)10-14-2-6-17(22)7-3-14;1-20(18,19)9-4-2-8(3-5-9)10-6-12(15)14-7-11(10)13(16)17/h2-9,16,20H,10-13H2,1H3,(H,23,25);2-5,10-11H,6-7H2,1H3,(H,14,15)(H,16,17)/t16-,20?;/m1./s1. The zero-order valence-corrected chi connectivity index (χ0v) is 28.8. The van der Waals surface area contributed by atoms with Crippen LogP contribution in [0.1, 0.15) is 47.8 Å². The summed E-state index contributed by atoms with van der Waals surface area (Å²) in [6.07, 6.45) is 3.32. The van der Waals surface area contributed by atoms with Crippen molar-refractivity contribution in [1.82, 2.24) is 10.6 Å². The Morgan fingerprint density at radius 2 is 1.19 bits per heavy atom. The van der Waals surface area contributed by atoms with Gasteiger partial charge in [0.25, 0.3) is 0 Å². The van der Waals surface area contributed by atoms with E-state index in [1.807, 2.05) is 12.1 Å². The molecule has 2 saturated heterocycles. The summed E-state index contributed by atoms with van der Waals surface area (Å²) in [5, 5.41) is 15.2. The number of halogens is 1. The van der Waals surface area contributed by atoms with E-state index in [0.717, 1.165) is 23.6 Å². The fourth-order valence-corrected chi connectivity index (χ4v) is 7.33. The molecule has 3 N–H and O–H groups in total. The molecule has 2 aliphatic heterocycles. The lowest BCUT2D eigenvalue weighted by molar-refractivity contribution is -0.144. The van der Waals surface area contributed by atoms with Crippen LogP contribution >= 0.6 is 11.6 Å². The molecular formula is C34H37ClN2O9S2. The number of carboxylic acid groups (broad SMARTS) is 1. The number of carbonyl (C=O) groups is 4. The highest BCUT2D eigenvalue weighted by atomic mass is 35.5. The lowest BCUT2D eigenvalue weighted by Crippen LogP contribution is -2.43. The molecule has 0 radical (unpaired) electrons. The molecule has 3 unspecified atom stereocenters. The maximum Gasteiger partial charge on any atom is 0.308 e. The molecule has 0 spiro atoms. The van der Waals surface area contributed by atoms with Gasteiger partial charge in [-0.2, -0.15) is 0 Å². The van der Waals surface area contributed by atoms with Crippen LogP contribution < -0.4 is 10.6 Å². The van der Waals surface area contributed by atoms with Gasteiger partial charge in [0.2, 0.25) is 11.8 Å². The fraction of sp³-hybridized carbons (Fsp3) is 0.353. The Kier molecular flexibility index (Phi) is 11.8. The van der Waals surface area contributed by atoms with E-state index < -0.39 is 37.5 Å². The molecular weight excluding hydrogens is 680 g/mol. The number of carbonyl (C=O) groups excluding carboxylic acids is 3. The molecule has 3 aromatic carbocycles. The van der Waals surface area contributed by atoms with Crippen molar-refractivity contribution in [3.05, 3.63) is 94.5 Å². The third-order valence-corrected chi connectivity index (χ3v) is 11.0. The number of piperidine rings is 2. The molecule has 0 bridgehead atoms. The van der Waals surface area contributed by atoms with Crippen molar-refractivity contribution in [2.24, 2.45) is 11.8 Å². The lowest BCUT2D eigenvalue weighted by Gasteiger charge is -2.31. The second-order valence-electron chi connectivity index (χ2n) is 12.2. The van der Waals surface area contributed by atoms with Gasteiger partial charge >= 0.3 is 5.97 Å². The predicted molar refractivity (Wildman–Crippen MR) is 179 cm³/mol. The molecule has 4 atom stereocenters. The SMILES string of the molecule is CS(=O)(=O)c1ccc(C2CC(=O)NCC2C(=O)O)cc1.CS(=O)(=O)c1ccc(C2CC(=O)NC[C@H]2CC(=O)Cc2ccc(Cl)cc2)cc1. The quantitative estimate of drug-likeness (QED) is 0.298. The summed E-state index contributed by atoms with van der Waals surface area (Å²) in [5.74, 6) is -2.40. The molecule has 5 rings (SSSR count). The first-order chi connectivity index (χ1) is 22.5. The first-order valence-electron chi connectivity index (χ1n) is 15.1. The third kappa shape index (κ3) is 9.97. The Morgan fingerprint density at radius 3 is 1.67 bits per heavy atom. The normalized spacial score (nSPS) is 21.2. The zero-order valence-electron chi connectivity index (χ0n) is 26.4. The number of hydrogen-bond donors (Lipinski definition) is 3. The Hall–Kier alpha value is -4.07. The maximum absolute atomic E-state index is 12.6. The topological polar surface area (TPSA) is 181 Å². The first-order valence-corrected chi connectivity index (χ1v) is 19.3. The van der Waals surface area contributed by atoms with Gasteiger partial charge in [-0.3, -0.25) is 19.2 Å². The highest BCUT2D eigenvalue weighted by Crippen LogP contribution is 2.34. The third-order valence-electron chi connectivity index (χ3n) is 8.54. The molecule has 11 nitrogen and oxygen atoms in total. The highest BCUT2D eigenvalue weighted by Gasteiger charge is 2.35. The number of benzene rings is 3. The van der Waals surface area contributed by atoms with Crippen molar-refractivity contribution in [1.29, 1.82) is 0 Å². The van der Waals surface area contributed by atoms with Crippen molar-refractivity contribution in [2.45, 2.75) is 47.3 Å². The molecule has 2 amide bonds. The number of sulfone groups is 2. The molecule has 2 fully saturated rings. The van der Waals surface area contributed by atoms with E-state index in [1.54, 1.807) is 48.5 Å². The molecule has 0 saturated carbocycles. The lowest BCUT2D eigenvalue weighted by atomic mass is 9.78. The second-order valence-corrected chi connectivity index (χ2v) is 16.6. The Bertz CT molecular complexity index is 1880. The smallest absolute Gasteiger partial charge is 0.308 e. The molecule has 2 heterocycles. The number of amides is 2. The molecule has 0 aromatic heterocycles. The van der Waals surface area contributed by atoms with Gasteiger partial charge in [-0.25, -0.2) is 16.8 Å². The summed E-state index contributed by atoms with van der Waals surface area (Å²) < 4.78 is 46.1. The van der Waals surface area contributed by atoms with E-state index in [-0.39, 0.29) is 58.6 Å². The molecule has 3 aromatic rings. The number of hydrogen-bond acceptors (Lipinski definition) is 8. The van der Waals surface area contributed by atoms with Crippen LogP contribution in [0, 0.1) is 11.8 Å². The van der Waals surface area contributed by atoms with Crippen molar-refractivity contribution in [3.8, 4) is 0 Å². The minimum Gasteiger partial charge on any atom is -0.481 e. The van der Waals surface area contributed by atoms with E-state index in [0.29, 0.717) is 30.0 Å². The number of ketones is 1. The van der Waals surface area contributed by atoms with Gasteiger partial charge in [0.15, 0.2) is 19.7 Å². The van der Waals surface area contributed by atoms with Crippen molar-refractivity contribution < 1.29 is 41.1 Å². The van der Waals surface area contributed by atoms with Crippen LogP contribution in [-0.4, -0.2) is 71.1 Å². The van der Waals surface area contributed by atoms with Gasteiger partial charge in [0.05, 0.1) is 15.7 Å². The maximum atomic E-state index is 12.6. The Labute approximate surface area is 284 Å². The van der Waals surface area contributed by atoms with Gasteiger partial charge in [-0.15, -0.1) is 0 Å². The summed E-state index contributed by atoms with van der Waals surface area (Å²) in [6.45, 7) is 0.524. The minimum atomic E-state index is -3.29. The van der Waals surface area contributed by atoms with Crippen LogP contribution in [0.2, 0.25) is 5.02 Å². The van der Waals surface area contributed by atoms with Gasteiger partial charge < -0.3 is 15.7 Å². The minimum absolute atomic E-state index is 0.0263. The fourth-order valence-electron chi connectivity index (χ4n) is 5.94. The average Bonchev–Trinajstić information content (AvgIpc) is 3.02. The van der Waals surface area contributed by atoms with Gasteiger partial charge in [-0.1, -0.05) is 48.0 Å². The van der Waals surface area contributed by atoms with Crippen LogP contribution in [0.25, 0.3) is 0 Å². The Balaban J connectivity index is 0.000000229. The number of nitrogens with one attached hydrogen (secondary N) is 2. The van der Waals surface area contributed by atoms with E-state index >= 15 is 0 Å². The summed E-state index contributed by atoms with van der Waals surface area (Å²) in [7, 11) is -6.56. The number of Topliss-reactive ketones (excluding diaryl/α,β-unsaturated/α-hetero) is 1. The number of carboxylic acids is 1. The van der Waals surface area contributed by atoms with Crippen LogP contribution in [0.5, 0.6) is 0 Å². The van der Waals surface area contributed by atoms with E-state index in [4.69, 9.17) is 11.6 Å². The van der Waals surface area contributed by atoms with Crippen LogP contribution in [0.3, 0.4) is 0 Å². The molecule has 256 valence electrons. The molecule has 14 heteroatoms. The zero-order chi connectivity index (χ0) is 35.2. The summed E-state index contributed by atoms with van der Waals surface area (Å²) >= 11 is 5.88. The van der Waals surface area contributed by atoms with E-state index in [2.05, 4.69) is 10.6 Å². The van der Waals surface area contributed by atoms with E-state index in [9.17, 15) is 41.1 Å². The second kappa shape index (κ2) is 15.4. The summed E-state index contributed by atoms with van der Waals surface area (Å²) in [4.78, 5) is 47.6. The highest BCUT2D eigenvalue weighted by molar-refractivity contribution is 7.91. The van der Waals surface area contributed by atoms with Crippen molar-refractivity contribution in [3.63, 3.8) is 0 Å². The number of rotatable bonds is 9. The average molecular weight is 717 g/mol. The predicted octanol–water partition coefficient (Wildman–Crippen LogP) is 3.56. The summed E-state index contributed by atoms with van der Waals surface area (Å²) in [5.41, 5.74) is 2.45. The van der Waals surface area contributed by atoms with Gasteiger partial charge in [-0.05, 0) is 64.9 Å².